The van der Waals surface area contributed by atoms with Crippen molar-refractivity contribution in [3.8, 4) is 39.9 Å². The highest BCUT2D eigenvalue weighted by atomic mass is 16.5. The van der Waals surface area contributed by atoms with Crippen LogP contribution in [0.4, 0.5) is 0 Å². The molecule has 0 atom stereocenters. The molecule has 0 spiro atoms. The molecule has 0 fully saturated rings. The van der Waals surface area contributed by atoms with E-state index in [1.807, 2.05) is 12.1 Å². The maximum atomic E-state index is 5.74. The molecule has 0 saturated carbocycles. The zero-order valence-corrected chi connectivity index (χ0v) is 15.4. The van der Waals surface area contributed by atoms with E-state index in [2.05, 4.69) is 6.07 Å². The summed E-state index contributed by atoms with van der Waals surface area (Å²) in [4.78, 5) is 0. The second kappa shape index (κ2) is 7.13. The van der Waals surface area contributed by atoms with Crippen LogP contribution in [0.5, 0.6) is 28.7 Å². The van der Waals surface area contributed by atoms with Crippen LogP contribution in [0.25, 0.3) is 11.1 Å². The van der Waals surface area contributed by atoms with Crippen LogP contribution in [0, 0.1) is 0 Å². The largest absolute Gasteiger partial charge is 0.493 e. The average molecular weight is 344 g/mol. The summed E-state index contributed by atoms with van der Waals surface area (Å²) in [5.41, 5.74) is 4.51. The summed E-state index contributed by atoms with van der Waals surface area (Å²) < 4.78 is 27.8. The molecular weight excluding hydrogens is 320 g/mol. The topological polar surface area (TPSA) is 46.2 Å². The minimum absolute atomic E-state index is 0.603. The van der Waals surface area contributed by atoms with Crippen molar-refractivity contribution in [1.29, 1.82) is 0 Å². The summed E-state index contributed by atoms with van der Waals surface area (Å²) in [5.74, 6) is 3.41. The van der Waals surface area contributed by atoms with E-state index in [4.69, 9.17) is 23.7 Å². The van der Waals surface area contributed by atoms with Gasteiger partial charge in [-0.3, -0.25) is 0 Å². The van der Waals surface area contributed by atoms with Gasteiger partial charge in [-0.1, -0.05) is 0 Å². The first-order valence-corrected chi connectivity index (χ1v) is 8.25. The van der Waals surface area contributed by atoms with Gasteiger partial charge in [-0.15, -0.1) is 0 Å². The summed E-state index contributed by atoms with van der Waals surface area (Å²) >= 11 is 0. The van der Waals surface area contributed by atoms with Crippen LogP contribution in [0.1, 0.15) is 17.5 Å². The lowest BCUT2D eigenvalue weighted by molar-refractivity contribution is 0.324. The third kappa shape index (κ3) is 2.84. The van der Waals surface area contributed by atoms with Crippen LogP contribution in [0.2, 0.25) is 0 Å². The number of benzene rings is 2. The molecule has 5 nitrogen and oxygen atoms in total. The van der Waals surface area contributed by atoms with Crippen LogP contribution in [-0.2, 0) is 12.8 Å². The standard InChI is InChI=1S/C20H24O5/c1-21-15-9-12-7-6-8-13-10-17(23-3)19(24-4)20(25-5)18(13)14(12)11-16(15)22-2/h9-11H,6-8H2,1-5H3. The van der Waals surface area contributed by atoms with Gasteiger partial charge in [-0.05, 0) is 54.2 Å². The van der Waals surface area contributed by atoms with E-state index in [0.29, 0.717) is 23.0 Å². The Morgan fingerprint density at radius 3 is 1.76 bits per heavy atom. The van der Waals surface area contributed by atoms with E-state index >= 15 is 0 Å². The minimum atomic E-state index is 0.603. The molecule has 0 aliphatic heterocycles. The lowest BCUT2D eigenvalue weighted by atomic mass is 9.94. The number of hydrogen-bond donors (Lipinski definition) is 0. The predicted octanol–water partition coefficient (Wildman–Crippen LogP) is 3.89. The van der Waals surface area contributed by atoms with Gasteiger partial charge in [0.05, 0.1) is 35.5 Å². The molecule has 2 aromatic rings. The molecule has 0 heterocycles. The Morgan fingerprint density at radius 1 is 0.600 bits per heavy atom. The van der Waals surface area contributed by atoms with Crippen molar-refractivity contribution in [3.63, 3.8) is 0 Å². The highest BCUT2D eigenvalue weighted by molar-refractivity contribution is 5.83. The molecule has 3 rings (SSSR count). The van der Waals surface area contributed by atoms with Gasteiger partial charge in [-0.25, -0.2) is 0 Å². The molecule has 0 radical (unpaired) electrons. The first kappa shape index (κ1) is 17.3. The molecule has 0 aromatic heterocycles. The van der Waals surface area contributed by atoms with Crippen molar-refractivity contribution < 1.29 is 23.7 Å². The number of methoxy groups -OCH3 is 5. The summed E-state index contributed by atoms with van der Waals surface area (Å²) in [7, 11) is 8.22. The van der Waals surface area contributed by atoms with E-state index in [-0.39, 0.29) is 0 Å². The summed E-state index contributed by atoms with van der Waals surface area (Å²) in [6.45, 7) is 0. The number of ether oxygens (including phenoxy) is 5. The van der Waals surface area contributed by atoms with Crippen LogP contribution in [0.15, 0.2) is 18.2 Å². The monoisotopic (exact) mass is 344 g/mol. The summed E-state index contributed by atoms with van der Waals surface area (Å²) in [5, 5.41) is 0. The highest BCUT2D eigenvalue weighted by Crippen LogP contribution is 2.50. The number of fused-ring (bicyclic) bond motifs is 3. The van der Waals surface area contributed by atoms with Gasteiger partial charge in [0.2, 0.25) is 5.75 Å². The molecule has 0 unspecified atom stereocenters. The average Bonchev–Trinajstić information content (AvgIpc) is 2.83. The van der Waals surface area contributed by atoms with Crippen molar-refractivity contribution in [2.45, 2.75) is 19.3 Å². The van der Waals surface area contributed by atoms with E-state index in [9.17, 15) is 0 Å². The second-order valence-electron chi connectivity index (χ2n) is 5.90. The molecule has 0 amide bonds. The van der Waals surface area contributed by atoms with E-state index in [1.165, 1.54) is 11.1 Å². The van der Waals surface area contributed by atoms with Crippen LogP contribution < -0.4 is 23.7 Å². The number of rotatable bonds is 5. The molecule has 0 bridgehead atoms. The summed E-state index contributed by atoms with van der Waals surface area (Å²) in [6.07, 6.45) is 2.93. The Labute approximate surface area is 148 Å². The Hall–Kier alpha value is -2.56. The van der Waals surface area contributed by atoms with Crippen molar-refractivity contribution in [3.05, 3.63) is 29.3 Å². The first-order valence-electron chi connectivity index (χ1n) is 8.25. The highest BCUT2D eigenvalue weighted by Gasteiger charge is 2.26. The Morgan fingerprint density at radius 2 is 1.16 bits per heavy atom. The smallest absolute Gasteiger partial charge is 0.203 e. The van der Waals surface area contributed by atoms with Gasteiger partial charge in [0.25, 0.3) is 0 Å². The molecule has 5 heteroatoms. The van der Waals surface area contributed by atoms with Crippen molar-refractivity contribution >= 4 is 0 Å². The third-order valence-corrected chi connectivity index (χ3v) is 4.68. The molecular formula is C20H24O5. The Balaban J connectivity index is 2.35. The Kier molecular flexibility index (Phi) is 4.93. The minimum Gasteiger partial charge on any atom is -0.493 e. The quantitative estimate of drug-likeness (QED) is 0.823. The van der Waals surface area contributed by atoms with Gasteiger partial charge in [0, 0.05) is 5.56 Å². The van der Waals surface area contributed by atoms with Crippen molar-refractivity contribution in [1.82, 2.24) is 0 Å². The number of hydrogen-bond acceptors (Lipinski definition) is 5. The van der Waals surface area contributed by atoms with Crippen molar-refractivity contribution in [2.75, 3.05) is 35.5 Å². The summed E-state index contributed by atoms with van der Waals surface area (Å²) in [6, 6.07) is 6.12. The van der Waals surface area contributed by atoms with Gasteiger partial charge < -0.3 is 23.7 Å². The molecule has 1 aliphatic rings. The Bertz CT molecular complexity index is 782. The lowest BCUT2D eigenvalue weighted by Gasteiger charge is -2.20. The van der Waals surface area contributed by atoms with Crippen molar-refractivity contribution in [2.24, 2.45) is 0 Å². The second-order valence-corrected chi connectivity index (χ2v) is 5.90. The molecule has 134 valence electrons. The molecule has 1 aliphatic carbocycles. The first-order chi connectivity index (χ1) is 12.2. The maximum absolute atomic E-state index is 5.74. The SMILES string of the molecule is COc1cc2c(cc1OC)-c1c(cc(OC)c(OC)c1OC)CCC2. The normalized spacial score (nSPS) is 12.5. The maximum Gasteiger partial charge on any atom is 0.203 e. The van der Waals surface area contributed by atoms with Gasteiger partial charge in [0.1, 0.15) is 0 Å². The molecule has 0 saturated heterocycles. The molecule has 0 N–H and O–H groups in total. The molecule has 2 aromatic carbocycles. The fourth-order valence-corrected chi connectivity index (χ4v) is 3.53. The predicted molar refractivity (Wildman–Crippen MR) is 96.7 cm³/mol. The fraction of sp³-hybridized carbons (Fsp3) is 0.400. The van der Waals surface area contributed by atoms with E-state index < -0.39 is 0 Å². The zero-order chi connectivity index (χ0) is 18.0. The van der Waals surface area contributed by atoms with Crippen LogP contribution in [-0.4, -0.2) is 35.5 Å². The fourth-order valence-electron chi connectivity index (χ4n) is 3.53. The van der Waals surface area contributed by atoms with Crippen LogP contribution >= 0.6 is 0 Å². The van der Waals surface area contributed by atoms with E-state index in [0.717, 1.165) is 36.1 Å². The molecule has 25 heavy (non-hydrogen) atoms. The van der Waals surface area contributed by atoms with E-state index in [1.54, 1.807) is 35.5 Å². The zero-order valence-electron chi connectivity index (χ0n) is 15.4. The van der Waals surface area contributed by atoms with Gasteiger partial charge >= 0.3 is 0 Å². The van der Waals surface area contributed by atoms with Crippen LogP contribution in [0.3, 0.4) is 0 Å². The lowest BCUT2D eigenvalue weighted by Crippen LogP contribution is -2.01. The third-order valence-electron chi connectivity index (χ3n) is 4.68. The van der Waals surface area contributed by atoms with Gasteiger partial charge in [-0.2, -0.15) is 0 Å². The van der Waals surface area contributed by atoms with Gasteiger partial charge in [0.15, 0.2) is 23.0 Å². The number of aryl methyl sites for hydroxylation is 2.